The minimum absolute atomic E-state index is 0.000139. The Balaban J connectivity index is 2.11. The van der Waals surface area contributed by atoms with Gasteiger partial charge in [0.2, 0.25) is 0 Å². The topological polar surface area (TPSA) is 33.2 Å². The molecule has 0 N–H and O–H groups in total. The number of pyridine rings is 1. The monoisotopic (exact) mass is 266 g/mol. The van der Waals surface area contributed by atoms with Crippen molar-refractivity contribution >= 4 is 17.5 Å². The van der Waals surface area contributed by atoms with Crippen LogP contribution in [0.15, 0.2) is 18.5 Å². The first-order valence-corrected chi connectivity index (χ1v) is 6.66. The van der Waals surface area contributed by atoms with Crippen LogP contribution >= 0.6 is 11.6 Å². The Morgan fingerprint density at radius 3 is 2.78 bits per heavy atom. The van der Waals surface area contributed by atoms with E-state index in [1.54, 1.807) is 18.5 Å². The number of halogens is 1. The fraction of sp³-hybridized carbons (Fsp3) is 0.571. The second-order valence-electron chi connectivity index (χ2n) is 5.96. The Bertz CT molecular complexity index is 453. The molecule has 3 nitrogen and oxygen atoms in total. The average molecular weight is 267 g/mol. The molecule has 2 rings (SSSR count). The molecule has 0 spiro atoms. The molecule has 0 radical (unpaired) electrons. The molecule has 0 saturated carbocycles. The third-order valence-electron chi connectivity index (χ3n) is 3.70. The second-order valence-corrected chi connectivity index (χ2v) is 6.37. The van der Waals surface area contributed by atoms with E-state index in [0.29, 0.717) is 16.5 Å². The van der Waals surface area contributed by atoms with Crippen molar-refractivity contribution < 1.29 is 4.79 Å². The highest BCUT2D eigenvalue weighted by molar-refractivity contribution is 6.33. The molecule has 4 heteroatoms. The molecule has 1 atom stereocenters. The average Bonchev–Trinajstić information content (AvgIpc) is 2.77. The van der Waals surface area contributed by atoms with Crippen LogP contribution in [0.4, 0.5) is 0 Å². The number of carbonyl (C=O) groups excluding carboxylic acids is 1. The van der Waals surface area contributed by atoms with Crippen LogP contribution in [-0.4, -0.2) is 28.9 Å². The van der Waals surface area contributed by atoms with Crippen molar-refractivity contribution in [1.29, 1.82) is 0 Å². The minimum Gasteiger partial charge on any atom is -0.338 e. The standard InChI is InChI=1S/C14H19ClN2O/c1-14(2,3)10-5-7-17(9-10)13(18)11-8-16-6-4-12(11)15/h4,6,8,10H,5,7,9H2,1-3H3. The maximum absolute atomic E-state index is 12.3. The maximum Gasteiger partial charge on any atom is 0.256 e. The fourth-order valence-electron chi connectivity index (χ4n) is 2.36. The van der Waals surface area contributed by atoms with Crippen molar-refractivity contribution in [2.75, 3.05) is 13.1 Å². The Morgan fingerprint density at radius 2 is 2.22 bits per heavy atom. The number of aromatic nitrogens is 1. The summed E-state index contributed by atoms with van der Waals surface area (Å²) in [6, 6.07) is 1.66. The zero-order valence-corrected chi connectivity index (χ0v) is 11.9. The highest BCUT2D eigenvalue weighted by Crippen LogP contribution is 2.34. The number of hydrogen-bond acceptors (Lipinski definition) is 2. The highest BCUT2D eigenvalue weighted by atomic mass is 35.5. The summed E-state index contributed by atoms with van der Waals surface area (Å²) in [5, 5.41) is 0.481. The van der Waals surface area contributed by atoms with Gasteiger partial charge in [0.25, 0.3) is 5.91 Å². The molecule has 1 saturated heterocycles. The van der Waals surface area contributed by atoms with Gasteiger partial charge in [0.05, 0.1) is 10.6 Å². The van der Waals surface area contributed by atoms with Crippen LogP contribution in [0.2, 0.25) is 5.02 Å². The molecule has 98 valence electrons. The molecule has 0 aliphatic carbocycles. The molecule has 1 amide bonds. The van der Waals surface area contributed by atoms with E-state index in [4.69, 9.17) is 11.6 Å². The van der Waals surface area contributed by atoms with Crippen molar-refractivity contribution in [1.82, 2.24) is 9.88 Å². The van der Waals surface area contributed by atoms with Gasteiger partial charge in [0, 0.05) is 25.5 Å². The molecule has 0 bridgehead atoms. The van der Waals surface area contributed by atoms with E-state index < -0.39 is 0 Å². The molecule has 18 heavy (non-hydrogen) atoms. The summed E-state index contributed by atoms with van der Waals surface area (Å²) in [6.45, 7) is 8.30. The summed E-state index contributed by atoms with van der Waals surface area (Å²) in [4.78, 5) is 18.2. The molecular weight excluding hydrogens is 248 g/mol. The SMILES string of the molecule is CC(C)(C)C1CCN(C(=O)c2cnccc2Cl)C1. The molecule has 1 unspecified atom stereocenters. The van der Waals surface area contributed by atoms with E-state index in [1.165, 1.54) is 0 Å². The molecule has 1 aliphatic heterocycles. The van der Waals surface area contributed by atoms with Crippen LogP contribution in [0, 0.1) is 11.3 Å². The molecule has 1 aliphatic rings. The van der Waals surface area contributed by atoms with Gasteiger partial charge >= 0.3 is 0 Å². The fourth-order valence-corrected chi connectivity index (χ4v) is 2.54. The molecule has 1 fully saturated rings. The molecule has 1 aromatic rings. The van der Waals surface area contributed by atoms with E-state index >= 15 is 0 Å². The summed E-state index contributed by atoms with van der Waals surface area (Å²) in [6.07, 6.45) is 4.21. The van der Waals surface area contributed by atoms with Crippen LogP contribution in [0.25, 0.3) is 0 Å². The number of amides is 1. The van der Waals surface area contributed by atoms with Gasteiger partial charge in [-0.25, -0.2) is 0 Å². The smallest absolute Gasteiger partial charge is 0.256 e. The van der Waals surface area contributed by atoms with Crippen molar-refractivity contribution in [2.45, 2.75) is 27.2 Å². The summed E-state index contributed by atoms with van der Waals surface area (Å²) >= 11 is 6.04. The van der Waals surface area contributed by atoms with Gasteiger partial charge in [0.1, 0.15) is 0 Å². The van der Waals surface area contributed by atoms with Crippen LogP contribution in [0.3, 0.4) is 0 Å². The van der Waals surface area contributed by atoms with Crippen LogP contribution in [-0.2, 0) is 0 Å². The molecule has 1 aromatic heterocycles. The van der Waals surface area contributed by atoms with Gasteiger partial charge < -0.3 is 4.90 Å². The maximum atomic E-state index is 12.3. The van der Waals surface area contributed by atoms with Gasteiger partial charge in [-0.2, -0.15) is 0 Å². The van der Waals surface area contributed by atoms with Crippen LogP contribution in [0.1, 0.15) is 37.6 Å². The second kappa shape index (κ2) is 4.88. The first-order valence-electron chi connectivity index (χ1n) is 6.28. The lowest BCUT2D eigenvalue weighted by Crippen LogP contribution is -2.31. The number of nitrogens with zero attached hydrogens (tertiary/aromatic N) is 2. The summed E-state index contributed by atoms with van der Waals surface area (Å²) in [7, 11) is 0. The van der Waals surface area contributed by atoms with Crippen molar-refractivity contribution in [2.24, 2.45) is 11.3 Å². The number of likely N-dealkylation sites (tertiary alicyclic amines) is 1. The minimum atomic E-state index is -0.000139. The summed E-state index contributed by atoms with van der Waals surface area (Å²) < 4.78 is 0. The van der Waals surface area contributed by atoms with Gasteiger partial charge in [0.15, 0.2) is 0 Å². The molecular formula is C14H19ClN2O. The quantitative estimate of drug-likeness (QED) is 0.782. The third kappa shape index (κ3) is 2.66. The van der Waals surface area contributed by atoms with E-state index in [9.17, 15) is 4.79 Å². The largest absolute Gasteiger partial charge is 0.338 e. The lowest BCUT2D eigenvalue weighted by molar-refractivity contribution is 0.0776. The number of carbonyl (C=O) groups is 1. The lowest BCUT2D eigenvalue weighted by Gasteiger charge is -2.27. The van der Waals surface area contributed by atoms with Crippen molar-refractivity contribution in [3.63, 3.8) is 0 Å². The van der Waals surface area contributed by atoms with Crippen LogP contribution in [0.5, 0.6) is 0 Å². The van der Waals surface area contributed by atoms with E-state index in [0.717, 1.165) is 19.5 Å². The van der Waals surface area contributed by atoms with E-state index in [1.807, 2.05) is 4.90 Å². The van der Waals surface area contributed by atoms with Gasteiger partial charge in [-0.05, 0) is 23.8 Å². The Kier molecular flexibility index (Phi) is 3.62. The Hall–Kier alpha value is -1.09. The lowest BCUT2D eigenvalue weighted by atomic mass is 9.80. The first kappa shape index (κ1) is 13.3. The number of hydrogen-bond donors (Lipinski definition) is 0. The van der Waals surface area contributed by atoms with Crippen LogP contribution < -0.4 is 0 Å². The zero-order chi connectivity index (χ0) is 13.3. The van der Waals surface area contributed by atoms with Gasteiger partial charge in [-0.3, -0.25) is 9.78 Å². The zero-order valence-electron chi connectivity index (χ0n) is 11.1. The molecule has 2 heterocycles. The van der Waals surface area contributed by atoms with Crippen molar-refractivity contribution in [3.8, 4) is 0 Å². The summed E-state index contributed by atoms with van der Waals surface area (Å²) in [5.74, 6) is 0.553. The molecule has 0 aromatic carbocycles. The Morgan fingerprint density at radius 1 is 1.50 bits per heavy atom. The van der Waals surface area contributed by atoms with E-state index in [2.05, 4.69) is 25.8 Å². The predicted molar refractivity (Wildman–Crippen MR) is 72.7 cm³/mol. The Labute approximate surface area is 113 Å². The highest BCUT2D eigenvalue weighted by Gasteiger charge is 2.34. The number of rotatable bonds is 1. The van der Waals surface area contributed by atoms with Crippen molar-refractivity contribution in [3.05, 3.63) is 29.0 Å². The first-order chi connectivity index (χ1) is 8.39. The third-order valence-corrected chi connectivity index (χ3v) is 4.03. The van der Waals surface area contributed by atoms with E-state index in [-0.39, 0.29) is 11.3 Å². The van der Waals surface area contributed by atoms with Gasteiger partial charge in [-0.1, -0.05) is 32.4 Å². The predicted octanol–water partition coefficient (Wildman–Crippen LogP) is 3.24. The summed E-state index contributed by atoms with van der Waals surface area (Å²) in [5.41, 5.74) is 0.752. The van der Waals surface area contributed by atoms with Gasteiger partial charge in [-0.15, -0.1) is 0 Å². The normalized spacial score (nSPS) is 20.2.